The summed E-state index contributed by atoms with van der Waals surface area (Å²) < 4.78 is 3.36. The molecule has 10 heteroatoms. The van der Waals surface area contributed by atoms with Gasteiger partial charge in [-0.2, -0.15) is 11.8 Å². The Bertz CT molecular complexity index is 1070. The van der Waals surface area contributed by atoms with Crippen molar-refractivity contribution in [1.29, 1.82) is 0 Å². The minimum absolute atomic E-state index is 0.206. The zero-order chi connectivity index (χ0) is 20.1. The number of nitrogens with zero attached hydrogens (tertiary/aromatic N) is 7. The second kappa shape index (κ2) is 8.82. The van der Waals surface area contributed by atoms with Crippen LogP contribution in [0.1, 0.15) is 29.9 Å². The van der Waals surface area contributed by atoms with Crippen molar-refractivity contribution in [2.24, 2.45) is 0 Å². The Hall–Kier alpha value is -3.27. The molecule has 0 saturated carbocycles. The topological polar surface area (TPSA) is 103 Å². The monoisotopic (exact) mass is 408 g/mol. The van der Waals surface area contributed by atoms with Crippen molar-refractivity contribution in [1.82, 2.24) is 40.1 Å². The van der Waals surface area contributed by atoms with Gasteiger partial charge in [0.1, 0.15) is 6.33 Å². The molecule has 148 valence electrons. The zero-order valence-electron chi connectivity index (χ0n) is 15.8. The Balaban J connectivity index is 1.66. The van der Waals surface area contributed by atoms with E-state index in [1.165, 1.54) is 11.0 Å². The maximum atomic E-state index is 13.4. The quantitative estimate of drug-likeness (QED) is 0.475. The van der Waals surface area contributed by atoms with E-state index >= 15 is 0 Å². The van der Waals surface area contributed by atoms with Crippen LogP contribution in [0.15, 0.2) is 61.1 Å². The van der Waals surface area contributed by atoms with Gasteiger partial charge in [0.2, 0.25) is 5.91 Å². The predicted molar refractivity (Wildman–Crippen MR) is 109 cm³/mol. The van der Waals surface area contributed by atoms with Gasteiger partial charge >= 0.3 is 0 Å². The molecule has 3 heterocycles. The molecule has 0 radical (unpaired) electrons. The molecule has 0 saturated heterocycles. The van der Waals surface area contributed by atoms with Crippen molar-refractivity contribution < 1.29 is 4.79 Å². The number of carbonyl (C=O) groups is 1. The van der Waals surface area contributed by atoms with Crippen molar-refractivity contribution in [3.63, 3.8) is 0 Å². The number of nitrogens with one attached hydrogen (secondary N) is 1. The number of amides is 1. The summed E-state index contributed by atoms with van der Waals surface area (Å²) in [5.74, 6) is 1.36. The van der Waals surface area contributed by atoms with Crippen LogP contribution in [-0.2, 0) is 4.79 Å². The molecular formula is C19H20N8OS. The molecule has 1 aromatic carbocycles. The van der Waals surface area contributed by atoms with E-state index < -0.39 is 6.04 Å². The van der Waals surface area contributed by atoms with Crippen LogP contribution in [0, 0.1) is 0 Å². The first-order valence-electron chi connectivity index (χ1n) is 9.14. The van der Waals surface area contributed by atoms with Crippen molar-refractivity contribution in [3.8, 4) is 0 Å². The lowest BCUT2D eigenvalue weighted by Crippen LogP contribution is -2.37. The van der Waals surface area contributed by atoms with Crippen LogP contribution in [0.5, 0.6) is 0 Å². The van der Waals surface area contributed by atoms with Crippen LogP contribution in [-0.4, -0.2) is 52.7 Å². The highest BCUT2D eigenvalue weighted by molar-refractivity contribution is 7.98. The van der Waals surface area contributed by atoms with E-state index in [4.69, 9.17) is 0 Å². The standard InChI is InChI=1S/C19H20N8OS/c1-29-12-10-15(18-23-22-16-9-5-6-11-26(16)18)21-19(28)17(27-13-20-24-25-27)14-7-3-2-4-8-14/h2-9,11,13,15,17H,10,12H2,1H3,(H,21,28)/t15-,17+/m0/s1. The molecule has 0 aliphatic carbocycles. The molecule has 0 unspecified atom stereocenters. The van der Waals surface area contributed by atoms with Gasteiger partial charge in [-0.1, -0.05) is 36.4 Å². The van der Waals surface area contributed by atoms with Crippen LogP contribution in [0.2, 0.25) is 0 Å². The van der Waals surface area contributed by atoms with Crippen LogP contribution in [0.3, 0.4) is 0 Å². The SMILES string of the molecule is CSCC[C@H](NC(=O)[C@@H](c1ccccc1)n1cnnn1)c1nnc2ccccn12. The number of benzene rings is 1. The van der Waals surface area contributed by atoms with E-state index in [0.29, 0.717) is 5.82 Å². The Morgan fingerprint density at radius 3 is 2.72 bits per heavy atom. The van der Waals surface area contributed by atoms with Gasteiger partial charge in [0, 0.05) is 6.20 Å². The number of carbonyl (C=O) groups excluding carboxylic acids is 1. The summed E-state index contributed by atoms with van der Waals surface area (Å²) in [6.07, 6.45) is 6.11. The Kier molecular flexibility index (Phi) is 5.80. The van der Waals surface area contributed by atoms with Gasteiger partial charge in [-0.25, -0.2) is 4.68 Å². The number of thioether (sulfide) groups is 1. The van der Waals surface area contributed by atoms with Gasteiger partial charge in [-0.05, 0) is 46.6 Å². The normalized spacial score (nSPS) is 13.3. The Morgan fingerprint density at radius 1 is 1.14 bits per heavy atom. The van der Waals surface area contributed by atoms with E-state index in [9.17, 15) is 4.79 Å². The zero-order valence-corrected chi connectivity index (χ0v) is 16.6. The van der Waals surface area contributed by atoms with Crippen molar-refractivity contribution >= 4 is 23.3 Å². The van der Waals surface area contributed by atoms with Gasteiger partial charge in [-0.15, -0.1) is 15.3 Å². The highest BCUT2D eigenvalue weighted by atomic mass is 32.2. The molecule has 0 aliphatic rings. The third-order valence-electron chi connectivity index (χ3n) is 4.57. The van der Waals surface area contributed by atoms with Gasteiger partial charge in [0.05, 0.1) is 6.04 Å². The van der Waals surface area contributed by atoms with Crippen LogP contribution >= 0.6 is 11.8 Å². The Labute approximate surface area is 171 Å². The minimum atomic E-state index is -0.679. The third-order valence-corrected chi connectivity index (χ3v) is 5.22. The number of tetrazole rings is 1. The molecule has 2 atom stereocenters. The van der Waals surface area contributed by atoms with Gasteiger partial charge in [0.15, 0.2) is 17.5 Å². The lowest BCUT2D eigenvalue weighted by molar-refractivity contribution is -0.124. The fourth-order valence-corrected chi connectivity index (χ4v) is 3.67. The second-order valence-electron chi connectivity index (χ2n) is 6.43. The van der Waals surface area contributed by atoms with Crippen molar-refractivity contribution in [2.75, 3.05) is 12.0 Å². The summed E-state index contributed by atoms with van der Waals surface area (Å²) in [5.41, 5.74) is 1.54. The highest BCUT2D eigenvalue weighted by Gasteiger charge is 2.28. The number of hydrogen-bond donors (Lipinski definition) is 1. The molecule has 3 aromatic heterocycles. The first-order chi connectivity index (χ1) is 14.3. The molecule has 9 nitrogen and oxygen atoms in total. The summed E-state index contributed by atoms with van der Waals surface area (Å²) in [4.78, 5) is 13.4. The molecular weight excluding hydrogens is 388 g/mol. The van der Waals surface area contributed by atoms with E-state index in [2.05, 4.69) is 31.0 Å². The first-order valence-corrected chi connectivity index (χ1v) is 10.5. The van der Waals surface area contributed by atoms with E-state index in [1.807, 2.05) is 65.4 Å². The highest BCUT2D eigenvalue weighted by Crippen LogP contribution is 2.22. The number of rotatable bonds is 8. The number of aromatic nitrogens is 7. The number of pyridine rings is 1. The molecule has 1 amide bonds. The summed E-state index contributed by atoms with van der Waals surface area (Å²) in [6.45, 7) is 0. The maximum absolute atomic E-state index is 13.4. The molecule has 0 fully saturated rings. The average Bonchev–Trinajstić information content (AvgIpc) is 3.42. The third kappa shape index (κ3) is 4.11. The maximum Gasteiger partial charge on any atom is 0.250 e. The summed E-state index contributed by atoms with van der Waals surface area (Å²) in [6, 6.07) is 14.2. The lowest BCUT2D eigenvalue weighted by atomic mass is 10.1. The van der Waals surface area contributed by atoms with E-state index in [-0.39, 0.29) is 11.9 Å². The van der Waals surface area contributed by atoms with Gasteiger partial charge < -0.3 is 5.32 Å². The lowest BCUT2D eigenvalue weighted by Gasteiger charge is -2.22. The molecule has 0 spiro atoms. The minimum Gasteiger partial charge on any atom is -0.344 e. The molecule has 4 aromatic rings. The molecule has 0 bridgehead atoms. The van der Waals surface area contributed by atoms with Gasteiger partial charge in [-0.3, -0.25) is 9.20 Å². The first kappa shape index (κ1) is 19.1. The summed E-state index contributed by atoms with van der Waals surface area (Å²) in [7, 11) is 0. The van der Waals surface area contributed by atoms with E-state index in [0.717, 1.165) is 23.4 Å². The largest absolute Gasteiger partial charge is 0.344 e. The average molecular weight is 408 g/mol. The number of hydrogen-bond acceptors (Lipinski definition) is 7. The van der Waals surface area contributed by atoms with Crippen LogP contribution in [0.25, 0.3) is 5.65 Å². The van der Waals surface area contributed by atoms with Crippen LogP contribution in [0.4, 0.5) is 0 Å². The summed E-state index contributed by atoms with van der Waals surface area (Å²) >= 11 is 1.72. The summed E-state index contributed by atoms with van der Waals surface area (Å²) in [5, 5.41) is 23.0. The van der Waals surface area contributed by atoms with E-state index in [1.54, 1.807) is 11.8 Å². The van der Waals surface area contributed by atoms with Crippen LogP contribution < -0.4 is 5.32 Å². The molecule has 29 heavy (non-hydrogen) atoms. The smallest absolute Gasteiger partial charge is 0.250 e. The fraction of sp³-hybridized carbons (Fsp3) is 0.263. The van der Waals surface area contributed by atoms with Crippen molar-refractivity contribution in [2.45, 2.75) is 18.5 Å². The van der Waals surface area contributed by atoms with Crippen molar-refractivity contribution in [3.05, 3.63) is 72.4 Å². The fourth-order valence-electron chi connectivity index (χ4n) is 3.20. The molecule has 4 rings (SSSR count). The molecule has 1 N–H and O–H groups in total. The second-order valence-corrected chi connectivity index (χ2v) is 7.42. The van der Waals surface area contributed by atoms with Gasteiger partial charge in [0.25, 0.3) is 0 Å². The number of fused-ring (bicyclic) bond motifs is 1. The Morgan fingerprint density at radius 2 is 1.97 bits per heavy atom. The molecule has 0 aliphatic heterocycles. The predicted octanol–water partition coefficient (Wildman–Crippen LogP) is 1.92.